The average Bonchev–Trinajstić information content (AvgIpc) is 2.85. The fourth-order valence-corrected chi connectivity index (χ4v) is 2.17. The Hall–Kier alpha value is -3.18. The molecule has 0 bridgehead atoms. The number of nitrogens with zero attached hydrogens (tertiary/aromatic N) is 5. The minimum Gasteiger partial charge on any atom is -0.295 e. The number of pyridine rings is 1. The van der Waals surface area contributed by atoms with Crippen LogP contribution in [0.25, 0.3) is 16.7 Å². The Labute approximate surface area is 115 Å². The standard InChI is InChI=1S/C15H9N5/c16-7-5-15-19-13-3-1-2-4-14(13)20(15)12-6-8-18-11(9-12)10-17/h1-4,6,8-9H,5H2. The lowest BCUT2D eigenvalue weighted by atomic mass is 10.3. The monoisotopic (exact) mass is 259 g/mol. The molecule has 0 saturated heterocycles. The van der Waals surface area contributed by atoms with Gasteiger partial charge in [-0.15, -0.1) is 0 Å². The first-order chi connectivity index (χ1) is 9.83. The van der Waals surface area contributed by atoms with E-state index in [0.29, 0.717) is 11.5 Å². The number of para-hydroxylation sites is 2. The Morgan fingerprint density at radius 1 is 1.15 bits per heavy atom. The topological polar surface area (TPSA) is 78.3 Å². The third-order valence-electron chi connectivity index (χ3n) is 2.98. The van der Waals surface area contributed by atoms with Crippen molar-refractivity contribution >= 4 is 11.0 Å². The van der Waals surface area contributed by atoms with Crippen LogP contribution in [0.4, 0.5) is 0 Å². The van der Waals surface area contributed by atoms with Crippen LogP contribution in [0.3, 0.4) is 0 Å². The molecule has 94 valence electrons. The lowest BCUT2D eigenvalue weighted by Crippen LogP contribution is -2.01. The summed E-state index contributed by atoms with van der Waals surface area (Å²) in [6.07, 6.45) is 1.79. The van der Waals surface area contributed by atoms with Crippen LogP contribution in [0.15, 0.2) is 42.6 Å². The molecule has 0 atom stereocenters. The molecule has 3 aromatic rings. The van der Waals surface area contributed by atoms with E-state index in [9.17, 15) is 0 Å². The van der Waals surface area contributed by atoms with Gasteiger partial charge in [0.05, 0.1) is 29.2 Å². The highest BCUT2D eigenvalue weighted by molar-refractivity contribution is 5.78. The molecule has 0 fully saturated rings. The van der Waals surface area contributed by atoms with E-state index in [2.05, 4.69) is 16.0 Å². The van der Waals surface area contributed by atoms with E-state index in [1.165, 1.54) is 0 Å². The number of rotatable bonds is 2. The first-order valence-electron chi connectivity index (χ1n) is 6.03. The van der Waals surface area contributed by atoms with Crippen molar-refractivity contribution in [3.05, 3.63) is 54.1 Å². The second-order valence-electron chi connectivity index (χ2n) is 4.20. The van der Waals surface area contributed by atoms with Gasteiger partial charge in [0.15, 0.2) is 0 Å². The van der Waals surface area contributed by atoms with Gasteiger partial charge in [-0.05, 0) is 24.3 Å². The third kappa shape index (κ3) is 1.88. The maximum absolute atomic E-state index is 8.96. The molecule has 0 N–H and O–H groups in total. The summed E-state index contributed by atoms with van der Waals surface area (Å²) in [5.41, 5.74) is 2.86. The lowest BCUT2D eigenvalue weighted by molar-refractivity contribution is 0.950. The van der Waals surface area contributed by atoms with Crippen LogP contribution in [-0.4, -0.2) is 14.5 Å². The third-order valence-corrected chi connectivity index (χ3v) is 2.98. The van der Waals surface area contributed by atoms with Crippen molar-refractivity contribution in [3.63, 3.8) is 0 Å². The van der Waals surface area contributed by atoms with Gasteiger partial charge in [0.2, 0.25) is 0 Å². The molecule has 0 aliphatic rings. The Morgan fingerprint density at radius 2 is 2.00 bits per heavy atom. The van der Waals surface area contributed by atoms with Crippen molar-refractivity contribution in [1.29, 1.82) is 10.5 Å². The van der Waals surface area contributed by atoms with Gasteiger partial charge in [0, 0.05) is 6.20 Å². The number of fused-ring (bicyclic) bond motifs is 1. The summed E-state index contributed by atoms with van der Waals surface area (Å²) in [6.45, 7) is 0. The van der Waals surface area contributed by atoms with Gasteiger partial charge in [-0.3, -0.25) is 4.57 Å². The zero-order valence-corrected chi connectivity index (χ0v) is 10.5. The molecule has 0 radical (unpaired) electrons. The molecule has 0 unspecified atom stereocenters. The van der Waals surface area contributed by atoms with E-state index in [1.54, 1.807) is 18.3 Å². The summed E-state index contributed by atoms with van der Waals surface area (Å²) in [4.78, 5) is 8.44. The minimum absolute atomic E-state index is 0.207. The van der Waals surface area contributed by atoms with Gasteiger partial charge in [-0.2, -0.15) is 10.5 Å². The van der Waals surface area contributed by atoms with Crippen LogP contribution in [0.2, 0.25) is 0 Å². The molecule has 0 spiro atoms. The minimum atomic E-state index is 0.207. The van der Waals surface area contributed by atoms with Crippen LogP contribution < -0.4 is 0 Å². The molecular formula is C15H9N5. The van der Waals surface area contributed by atoms with Gasteiger partial charge < -0.3 is 0 Å². The van der Waals surface area contributed by atoms with Crippen molar-refractivity contribution < 1.29 is 0 Å². The van der Waals surface area contributed by atoms with Crippen LogP contribution in [0.1, 0.15) is 11.5 Å². The average molecular weight is 259 g/mol. The van der Waals surface area contributed by atoms with Gasteiger partial charge in [-0.1, -0.05) is 12.1 Å². The van der Waals surface area contributed by atoms with Crippen LogP contribution in [0, 0.1) is 22.7 Å². The van der Waals surface area contributed by atoms with Crippen molar-refractivity contribution in [2.45, 2.75) is 6.42 Å². The number of hydrogen-bond acceptors (Lipinski definition) is 4. The summed E-state index contributed by atoms with van der Waals surface area (Å²) in [5, 5.41) is 17.9. The summed E-state index contributed by atoms with van der Waals surface area (Å²) in [6, 6.07) is 15.3. The molecule has 2 heterocycles. The molecule has 0 aliphatic carbocycles. The van der Waals surface area contributed by atoms with Gasteiger partial charge in [-0.25, -0.2) is 9.97 Å². The van der Waals surface area contributed by atoms with Crippen LogP contribution in [0.5, 0.6) is 0 Å². The number of imidazole rings is 1. The van der Waals surface area contributed by atoms with E-state index < -0.39 is 0 Å². The molecular weight excluding hydrogens is 250 g/mol. The molecule has 0 saturated carbocycles. The second-order valence-corrected chi connectivity index (χ2v) is 4.20. The molecule has 0 amide bonds. The van der Waals surface area contributed by atoms with Crippen molar-refractivity contribution in [2.24, 2.45) is 0 Å². The maximum Gasteiger partial charge on any atom is 0.142 e. The van der Waals surface area contributed by atoms with Crippen molar-refractivity contribution in [1.82, 2.24) is 14.5 Å². The smallest absolute Gasteiger partial charge is 0.142 e. The summed E-state index contributed by atoms with van der Waals surface area (Å²) in [7, 11) is 0. The van der Waals surface area contributed by atoms with Crippen molar-refractivity contribution in [3.8, 4) is 17.8 Å². The molecule has 5 nitrogen and oxygen atoms in total. The largest absolute Gasteiger partial charge is 0.295 e. The summed E-state index contributed by atoms with van der Waals surface area (Å²) >= 11 is 0. The number of nitriles is 2. The fraction of sp³-hybridized carbons (Fsp3) is 0.0667. The Bertz CT molecular complexity index is 864. The van der Waals surface area contributed by atoms with Crippen LogP contribution in [-0.2, 0) is 6.42 Å². The van der Waals surface area contributed by atoms with Crippen LogP contribution >= 0.6 is 0 Å². The highest BCUT2D eigenvalue weighted by atomic mass is 15.1. The summed E-state index contributed by atoms with van der Waals surface area (Å²) < 4.78 is 1.89. The summed E-state index contributed by atoms with van der Waals surface area (Å²) in [5.74, 6) is 0.656. The van der Waals surface area contributed by atoms with E-state index in [0.717, 1.165) is 16.7 Å². The van der Waals surface area contributed by atoms with Crippen molar-refractivity contribution in [2.75, 3.05) is 0 Å². The number of aromatic nitrogens is 3. The normalized spacial score (nSPS) is 10.1. The van der Waals surface area contributed by atoms with E-state index in [4.69, 9.17) is 10.5 Å². The fourth-order valence-electron chi connectivity index (χ4n) is 2.17. The van der Waals surface area contributed by atoms with Gasteiger partial charge >= 0.3 is 0 Å². The van der Waals surface area contributed by atoms with Gasteiger partial charge in [0.1, 0.15) is 17.6 Å². The molecule has 5 heteroatoms. The Balaban J connectivity index is 2.31. The first-order valence-corrected chi connectivity index (χ1v) is 6.03. The molecule has 2 aromatic heterocycles. The maximum atomic E-state index is 8.96. The molecule has 1 aromatic carbocycles. The predicted octanol–water partition coefficient (Wildman–Crippen LogP) is 2.36. The molecule has 3 rings (SSSR count). The highest BCUT2D eigenvalue weighted by Gasteiger charge is 2.12. The quantitative estimate of drug-likeness (QED) is 0.707. The van der Waals surface area contributed by atoms with Gasteiger partial charge in [0.25, 0.3) is 0 Å². The predicted molar refractivity (Wildman–Crippen MR) is 72.9 cm³/mol. The van der Waals surface area contributed by atoms with E-state index in [-0.39, 0.29) is 6.42 Å². The second kappa shape index (κ2) is 4.83. The SMILES string of the molecule is N#CCc1nc2ccccc2n1-c1ccnc(C#N)c1. The Morgan fingerprint density at radius 3 is 2.80 bits per heavy atom. The zero-order valence-electron chi connectivity index (χ0n) is 10.5. The zero-order chi connectivity index (χ0) is 13.9. The van der Waals surface area contributed by atoms with E-state index >= 15 is 0 Å². The number of benzene rings is 1. The first kappa shape index (κ1) is 11.9. The molecule has 0 aliphatic heterocycles. The number of hydrogen-bond donors (Lipinski definition) is 0. The van der Waals surface area contributed by atoms with E-state index in [1.807, 2.05) is 34.9 Å². The highest BCUT2D eigenvalue weighted by Crippen LogP contribution is 2.21. The lowest BCUT2D eigenvalue weighted by Gasteiger charge is -2.07. The molecule has 20 heavy (non-hydrogen) atoms. The Kier molecular flexibility index (Phi) is 2.87.